The maximum Gasteiger partial charge on any atom is 0.326 e. The average Bonchev–Trinajstić information content (AvgIpc) is 2.86. The summed E-state index contributed by atoms with van der Waals surface area (Å²) in [5.74, 6) is -2.10. The summed E-state index contributed by atoms with van der Waals surface area (Å²) in [5, 5.41) is 13.5. The number of aromatic nitrogens is 2. The first-order valence-corrected chi connectivity index (χ1v) is 6.00. The molecular formula is C11H17N5O4. The number of aryl methyl sites for hydroxylation is 1. The lowest BCUT2D eigenvalue weighted by molar-refractivity contribution is -0.140. The zero-order chi connectivity index (χ0) is 15.0. The molecule has 5 N–H and O–H groups in total. The van der Waals surface area contributed by atoms with E-state index >= 15 is 0 Å². The summed E-state index contributed by atoms with van der Waals surface area (Å²) in [4.78, 5) is 36.8. The molecule has 0 spiro atoms. The SMILES string of the molecule is NC(=O)CC(NC(=O)NCCCn1ccnc1)C(=O)O. The summed E-state index contributed by atoms with van der Waals surface area (Å²) >= 11 is 0. The van der Waals surface area contributed by atoms with Gasteiger partial charge in [-0.3, -0.25) is 4.79 Å². The van der Waals surface area contributed by atoms with E-state index in [4.69, 9.17) is 10.8 Å². The highest BCUT2D eigenvalue weighted by Crippen LogP contribution is 1.92. The van der Waals surface area contributed by atoms with Gasteiger partial charge in [0, 0.05) is 25.5 Å². The number of aliphatic carboxylic acids is 1. The third kappa shape index (κ3) is 5.85. The lowest BCUT2D eigenvalue weighted by atomic mass is 10.2. The van der Waals surface area contributed by atoms with Gasteiger partial charge < -0.3 is 26.0 Å². The van der Waals surface area contributed by atoms with Crippen molar-refractivity contribution in [1.29, 1.82) is 0 Å². The van der Waals surface area contributed by atoms with E-state index in [0.29, 0.717) is 19.5 Å². The van der Waals surface area contributed by atoms with E-state index in [1.165, 1.54) is 0 Å². The minimum atomic E-state index is -1.32. The normalized spacial score (nSPS) is 11.6. The van der Waals surface area contributed by atoms with Gasteiger partial charge in [-0.2, -0.15) is 0 Å². The number of carbonyl (C=O) groups is 3. The largest absolute Gasteiger partial charge is 0.480 e. The number of amides is 3. The Morgan fingerprint density at radius 1 is 1.40 bits per heavy atom. The highest BCUT2D eigenvalue weighted by Gasteiger charge is 2.21. The smallest absolute Gasteiger partial charge is 0.326 e. The summed E-state index contributed by atoms with van der Waals surface area (Å²) in [5.41, 5.74) is 4.90. The fourth-order valence-corrected chi connectivity index (χ4v) is 1.49. The van der Waals surface area contributed by atoms with Crippen LogP contribution in [0.5, 0.6) is 0 Å². The van der Waals surface area contributed by atoms with E-state index < -0.39 is 30.4 Å². The molecule has 20 heavy (non-hydrogen) atoms. The monoisotopic (exact) mass is 283 g/mol. The van der Waals surface area contributed by atoms with Crippen LogP contribution in [0.15, 0.2) is 18.7 Å². The van der Waals surface area contributed by atoms with Crippen molar-refractivity contribution in [2.45, 2.75) is 25.4 Å². The predicted octanol–water partition coefficient (Wildman–Crippen LogP) is -1.10. The molecule has 0 saturated heterocycles. The molecule has 1 aromatic rings. The second-order valence-corrected chi connectivity index (χ2v) is 4.12. The molecule has 0 radical (unpaired) electrons. The van der Waals surface area contributed by atoms with Gasteiger partial charge in [-0.1, -0.05) is 0 Å². The Labute approximate surface area is 115 Å². The molecule has 0 aliphatic rings. The molecule has 0 aliphatic carbocycles. The molecule has 110 valence electrons. The minimum Gasteiger partial charge on any atom is -0.480 e. The van der Waals surface area contributed by atoms with Crippen LogP contribution in [0, 0.1) is 0 Å². The van der Waals surface area contributed by atoms with Crippen LogP contribution < -0.4 is 16.4 Å². The van der Waals surface area contributed by atoms with Gasteiger partial charge in [-0.25, -0.2) is 14.6 Å². The highest BCUT2D eigenvalue weighted by molar-refractivity contribution is 5.87. The molecule has 1 heterocycles. The Morgan fingerprint density at radius 3 is 2.70 bits per heavy atom. The first kappa shape index (κ1) is 15.5. The number of rotatable bonds is 8. The van der Waals surface area contributed by atoms with E-state index in [1.54, 1.807) is 18.7 Å². The number of primary amides is 1. The van der Waals surface area contributed by atoms with E-state index in [1.807, 2.05) is 4.57 Å². The van der Waals surface area contributed by atoms with Gasteiger partial charge in [0.2, 0.25) is 5.91 Å². The van der Waals surface area contributed by atoms with Gasteiger partial charge >= 0.3 is 12.0 Å². The second kappa shape index (κ2) is 7.77. The van der Waals surface area contributed by atoms with Crippen molar-refractivity contribution in [2.75, 3.05) is 6.54 Å². The van der Waals surface area contributed by atoms with Crippen LogP contribution in [-0.4, -0.2) is 45.2 Å². The van der Waals surface area contributed by atoms with Gasteiger partial charge in [-0.15, -0.1) is 0 Å². The number of nitrogens with one attached hydrogen (secondary N) is 2. The lowest BCUT2D eigenvalue weighted by Gasteiger charge is -2.13. The maximum absolute atomic E-state index is 11.4. The molecule has 9 heteroatoms. The van der Waals surface area contributed by atoms with Crippen molar-refractivity contribution >= 4 is 17.9 Å². The maximum atomic E-state index is 11.4. The molecule has 9 nitrogen and oxygen atoms in total. The quantitative estimate of drug-likeness (QED) is 0.448. The van der Waals surface area contributed by atoms with Crippen molar-refractivity contribution in [2.24, 2.45) is 5.73 Å². The fourth-order valence-electron chi connectivity index (χ4n) is 1.49. The van der Waals surface area contributed by atoms with Crippen LogP contribution >= 0.6 is 0 Å². The van der Waals surface area contributed by atoms with Crippen LogP contribution in [0.25, 0.3) is 0 Å². The van der Waals surface area contributed by atoms with E-state index in [2.05, 4.69) is 15.6 Å². The van der Waals surface area contributed by atoms with Gasteiger partial charge in [0.1, 0.15) is 6.04 Å². The molecule has 1 unspecified atom stereocenters. The lowest BCUT2D eigenvalue weighted by Crippen LogP contribution is -2.47. The van der Waals surface area contributed by atoms with Gasteiger partial charge in [-0.05, 0) is 6.42 Å². The molecule has 0 fully saturated rings. The molecule has 0 aromatic carbocycles. The first-order valence-electron chi connectivity index (χ1n) is 6.00. The van der Waals surface area contributed by atoms with Crippen LogP contribution in [0.1, 0.15) is 12.8 Å². The Balaban J connectivity index is 2.24. The number of carboxylic acids is 1. The fraction of sp³-hybridized carbons (Fsp3) is 0.455. The summed E-state index contributed by atoms with van der Waals surface area (Å²) < 4.78 is 1.85. The number of carboxylic acid groups (broad SMARTS) is 1. The van der Waals surface area contributed by atoms with Crippen molar-refractivity contribution in [3.8, 4) is 0 Å². The number of urea groups is 1. The molecule has 3 amide bonds. The summed E-state index contributed by atoms with van der Waals surface area (Å²) in [7, 11) is 0. The number of nitrogens with two attached hydrogens (primary N) is 1. The van der Waals surface area contributed by atoms with Crippen molar-refractivity contribution < 1.29 is 19.5 Å². The molecule has 1 rings (SSSR count). The third-order valence-corrected chi connectivity index (χ3v) is 2.45. The van der Waals surface area contributed by atoms with E-state index in [9.17, 15) is 14.4 Å². The van der Waals surface area contributed by atoms with Crippen molar-refractivity contribution in [3.63, 3.8) is 0 Å². The summed E-state index contributed by atoms with van der Waals surface area (Å²) in [6, 6.07) is -1.97. The number of hydrogen-bond donors (Lipinski definition) is 4. The van der Waals surface area contributed by atoms with Crippen LogP contribution in [0.3, 0.4) is 0 Å². The van der Waals surface area contributed by atoms with E-state index in [-0.39, 0.29) is 0 Å². The molecule has 0 bridgehead atoms. The van der Waals surface area contributed by atoms with Crippen LogP contribution in [-0.2, 0) is 16.1 Å². The van der Waals surface area contributed by atoms with Crippen molar-refractivity contribution in [1.82, 2.24) is 20.2 Å². The van der Waals surface area contributed by atoms with Gasteiger partial charge in [0.25, 0.3) is 0 Å². The van der Waals surface area contributed by atoms with Crippen LogP contribution in [0.2, 0.25) is 0 Å². The number of hydrogen-bond acceptors (Lipinski definition) is 4. The highest BCUT2D eigenvalue weighted by atomic mass is 16.4. The standard InChI is InChI=1S/C11H17N5O4/c12-9(17)6-8(10(18)19)15-11(20)14-2-1-4-16-5-3-13-7-16/h3,5,7-8H,1-2,4,6H2,(H2,12,17)(H,18,19)(H2,14,15,20). The number of imidazole rings is 1. The van der Waals surface area contributed by atoms with Crippen molar-refractivity contribution in [3.05, 3.63) is 18.7 Å². The third-order valence-electron chi connectivity index (χ3n) is 2.45. The zero-order valence-electron chi connectivity index (χ0n) is 10.8. The average molecular weight is 283 g/mol. The van der Waals surface area contributed by atoms with Gasteiger partial charge in [0.05, 0.1) is 12.7 Å². The second-order valence-electron chi connectivity index (χ2n) is 4.12. The summed E-state index contributed by atoms with van der Waals surface area (Å²) in [6.45, 7) is 1.05. The molecule has 1 atom stereocenters. The molecular weight excluding hydrogens is 266 g/mol. The number of nitrogens with zero attached hydrogens (tertiary/aromatic N) is 2. The molecule has 0 saturated carbocycles. The summed E-state index contributed by atoms with van der Waals surface area (Å²) in [6.07, 6.45) is 5.33. The Kier molecular flexibility index (Phi) is 6.01. The first-order chi connectivity index (χ1) is 9.49. The number of carbonyl (C=O) groups excluding carboxylic acids is 2. The van der Waals surface area contributed by atoms with E-state index in [0.717, 1.165) is 0 Å². The Morgan fingerprint density at radius 2 is 2.15 bits per heavy atom. The van der Waals surface area contributed by atoms with Crippen LogP contribution in [0.4, 0.5) is 4.79 Å². The topological polar surface area (TPSA) is 139 Å². The Bertz CT molecular complexity index is 459. The molecule has 0 aliphatic heterocycles. The Hall–Kier alpha value is -2.58. The zero-order valence-corrected chi connectivity index (χ0v) is 10.8. The minimum absolute atomic E-state index is 0.368. The van der Waals surface area contributed by atoms with Gasteiger partial charge in [0.15, 0.2) is 0 Å². The molecule has 1 aromatic heterocycles. The predicted molar refractivity (Wildman–Crippen MR) is 68.6 cm³/mol.